The maximum absolute atomic E-state index is 13.1. The molecule has 130 valence electrons. The van der Waals surface area contributed by atoms with Gasteiger partial charge in [0.1, 0.15) is 11.6 Å². The number of benzene rings is 1. The average Bonchev–Trinajstić information content (AvgIpc) is 3.16. The first-order valence-electron chi connectivity index (χ1n) is 8.33. The summed E-state index contributed by atoms with van der Waals surface area (Å²) in [4.78, 5) is 26.2. The van der Waals surface area contributed by atoms with Crippen LogP contribution in [0.25, 0.3) is 0 Å². The second-order valence-electron chi connectivity index (χ2n) is 6.50. The Morgan fingerprint density at radius 1 is 1.00 bits per heavy atom. The van der Waals surface area contributed by atoms with Crippen LogP contribution in [-0.2, 0) is 9.59 Å². The second-order valence-corrected chi connectivity index (χ2v) is 6.50. The first-order valence-corrected chi connectivity index (χ1v) is 8.33. The van der Waals surface area contributed by atoms with Crippen molar-refractivity contribution in [1.29, 1.82) is 0 Å². The molecule has 1 heterocycles. The molecule has 1 aliphatic heterocycles. The van der Waals surface area contributed by atoms with E-state index in [1.54, 1.807) is 0 Å². The van der Waals surface area contributed by atoms with E-state index < -0.39 is 23.4 Å². The predicted octanol–water partition coefficient (Wildman–Crippen LogP) is 2.04. The van der Waals surface area contributed by atoms with E-state index >= 15 is 0 Å². The van der Waals surface area contributed by atoms with Gasteiger partial charge in [-0.2, -0.15) is 0 Å². The van der Waals surface area contributed by atoms with Crippen LogP contribution in [0, 0.1) is 11.6 Å². The van der Waals surface area contributed by atoms with Gasteiger partial charge in [-0.1, -0.05) is 12.8 Å². The molecule has 1 aliphatic carbocycles. The third-order valence-electron chi connectivity index (χ3n) is 4.72. The molecule has 1 aromatic rings. The predicted molar refractivity (Wildman–Crippen MR) is 85.4 cm³/mol. The molecular weight excluding hydrogens is 316 g/mol. The summed E-state index contributed by atoms with van der Waals surface area (Å²) < 4.78 is 26.2. The van der Waals surface area contributed by atoms with Gasteiger partial charge in [0.2, 0.25) is 0 Å². The third-order valence-corrected chi connectivity index (χ3v) is 4.72. The highest BCUT2D eigenvalue weighted by atomic mass is 19.1. The molecule has 1 aromatic carbocycles. The van der Waals surface area contributed by atoms with Crippen LogP contribution >= 0.6 is 0 Å². The van der Waals surface area contributed by atoms with Crippen LogP contribution in [0.5, 0.6) is 0 Å². The van der Waals surface area contributed by atoms with Gasteiger partial charge in [0.25, 0.3) is 0 Å². The lowest BCUT2D eigenvalue weighted by Crippen LogP contribution is -2.43. The Bertz CT molecular complexity index is 612. The second kappa shape index (κ2) is 7.25. The fraction of sp³-hybridized carbons (Fsp3) is 0.529. The molecule has 1 atom stereocenters. The summed E-state index contributed by atoms with van der Waals surface area (Å²) in [5.74, 6) is -3.32. The smallest absolute Gasteiger partial charge is 0.313 e. The van der Waals surface area contributed by atoms with Gasteiger partial charge in [0.05, 0.1) is 0 Å². The number of hydrogen-bond acceptors (Lipinski definition) is 3. The van der Waals surface area contributed by atoms with Crippen molar-refractivity contribution in [2.45, 2.75) is 44.2 Å². The van der Waals surface area contributed by atoms with Gasteiger partial charge in [-0.25, -0.2) is 8.78 Å². The van der Waals surface area contributed by atoms with Crippen LogP contribution in [0.1, 0.15) is 32.1 Å². The zero-order chi connectivity index (χ0) is 17.1. The number of carbonyl (C=O) groups is 2. The maximum Gasteiger partial charge on any atom is 0.313 e. The molecule has 1 saturated carbocycles. The van der Waals surface area contributed by atoms with Crippen molar-refractivity contribution in [3.63, 3.8) is 0 Å². The molecule has 5 nitrogen and oxygen atoms in total. The fourth-order valence-electron chi connectivity index (χ4n) is 3.57. The van der Waals surface area contributed by atoms with Gasteiger partial charge in [-0.3, -0.25) is 14.5 Å². The molecule has 2 amide bonds. The molecule has 0 spiro atoms. The largest absolute Gasteiger partial charge is 0.344 e. The van der Waals surface area contributed by atoms with Gasteiger partial charge >= 0.3 is 11.8 Å². The number of nitrogens with zero attached hydrogens (tertiary/aromatic N) is 1. The van der Waals surface area contributed by atoms with E-state index in [2.05, 4.69) is 15.5 Å². The van der Waals surface area contributed by atoms with Crippen molar-refractivity contribution in [2.24, 2.45) is 0 Å². The number of hydrogen-bond donors (Lipinski definition) is 2. The van der Waals surface area contributed by atoms with Crippen molar-refractivity contribution in [2.75, 3.05) is 18.4 Å². The summed E-state index contributed by atoms with van der Waals surface area (Å²) in [5, 5.41) is 4.92. The lowest BCUT2D eigenvalue weighted by atomic mass is 10.2. The lowest BCUT2D eigenvalue weighted by Gasteiger charge is -2.23. The molecule has 24 heavy (non-hydrogen) atoms. The molecule has 3 rings (SSSR count). The molecule has 0 radical (unpaired) electrons. The minimum atomic E-state index is -0.917. The molecule has 2 N–H and O–H groups in total. The van der Waals surface area contributed by atoms with Crippen molar-refractivity contribution in [1.82, 2.24) is 10.2 Å². The third kappa shape index (κ3) is 4.08. The Morgan fingerprint density at radius 2 is 1.67 bits per heavy atom. The molecule has 0 aromatic heterocycles. The number of likely N-dealkylation sites (tertiary alicyclic amines) is 1. The summed E-state index contributed by atoms with van der Waals surface area (Å²) in [5.41, 5.74) is -0.0772. The minimum absolute atomic E-state index is 0.0619. The number of rotatable bonds is 3. The molecule has 2 fully saturated rings. The van der Waals surface area contributed by atoms with Crippen molar-refractivity contribution in [3.8, 4) is 0 Å². The van der Waals surface area contributed by atoms with E-state index in [1.165, 1.54) is 25.7 Å². The monoisotopic (exact) mass is 337 g/mol. The highest BCUT2D eigenvalue weighted by Gasteiger charge is 2.31. The molecule has 1 unspecified atom stereocenters. The van der Waals surface area contributed by atoms with Crippen LogP contribution in [0.15, 0.2) is 18.2 Å². The number of halogens is 2. The topological polar surface area (TPSA) is 61.4 Å². The first kappa shape index (κ1) is 16.8. The number of anilines is 1. The Kier molecular flexibility index (Phi) is 5.08. The highest BCUT2D eigenvalue weighted by molar-refractivity contribution is 6.39. The van der Waals surface area contributed by atoms with E-state index in [0.717, 1.165) is 31.6 Å². The Morgan fingerprint density at radius 3 is 2.33 bits per heavy atom. The SMILES string of the molecule is O=C(Nc1cc(F)cc(F)c1)C(=O)NC1CCN(C2CCCC2)C1. The highest BCUT2D eigenvalue weighted by Crippen LogP contribution is 2.26. The summed E-state index contributed by atoms with van der Waals surface area (Å²) in [7, 11) is 0. The summed E-state index contributed by atoms with van der Waals surface area (Å²) in [6.45, 7) is 1.67. The van der Waals surface area contributed by atoms with Gasteiger partial charge < -0.3 is 10.6 Å². The van der Waals surface area contributed by atoms with Crippen LogP contribution in [0.3, 0.4) is 0 Å². The van der Waals surface area contributed by atoms with Crippen LogP contribution < -0.4 is 10.6 Å². The Balaban J connectivity index is 1.50. The van der Waals surface area contributed by atoms with Crippen LogP contribution in [0.2, 0.25) is 0 Å². The molecule has 1 saturated heterocycles. The minimum Gasteiger partial charge on any atom is -0.344 e. The van der Waals surface area contributed by atoms with Gasteiger partial charge in [-0.15, -0.1) is 0 Å². The van der Waals surface area contributed by atoms with Crippen molar-refractivity contribution >= 4 is 17.5 Å². The van der Waals surface area contributed by atoms with E-state index in [1.807, 2.05) is 0 Å². The summed E-state index contributed by atoms with van der Waals surface area (Å²) in [6.07, 6.45) is 5.72. The molecule has 0 bridgehead atoms. The molecular formula is C17H21F2N3O2. The van der Waals surface area contributed by atoms with Gasteiger partial charge in [0, 0.05) is 36.9 Å². The Labute approximate surface area is 139 Å². The van der Waals surface area contributed by atoms with E-state index in [0.29, 0.717) is 12.1 Å². The van der Waals surface area contributed by atoms with Crippen LogP contribution in [-0.4, -0.2) is 41.9 Å². The number of amides is 2. The van der Waals surface area contributed by atoms with Crippen molar-refractivity contribution in [3.05, 3.63) is 29.8 Å². The first-order chi connectivity index (χ1) is 11.5. The van der Waals surface area contributed by atoms with Gasteiger partial charge in [-0.05, 0) is 31.4 Å². The zero-order valence-corrected chi connectivity index (χ0v) is 13.4. The van der Waals surface area contributed by atoms with E-state index in [9.17, 15) is 18.4 Å². The number of nitrogens with one attached hydrogen (secondary N) is 2. The standard InChI is InChI=1S/C17H21F2N3O2/c18-11-7-12(19)9-14(8-11)21-17(24)16(23)20-13-5-6-22(10-13)15-3-1-2-4-15/h7-9,13,15H,1-6,10H2,(H,20,23)(H,21,24). The van der Waals surface area contributed by atoms with E-state index in [-0.39, 0.29) is 11.7 Å². The Hall–Kier alpha value is -2.02. The average molecular weight is 337 g/mol. The quantitative estimate of drug-likeness (QED) is 0.830. The lowest BCUT2D eigenvalue weighted by molar-refractivity contribution is -0.136. The maximum atomic E-state index is 13.1. The van der Waals surface area contributed by atoms with Crippen LogP contribution in [0.4, 0.5) is 14.5 Å². The summed E-state index contributed by atoms with van der Waals surface area (Å²) >= 11 is 0. The normalized spacial score (nSPS) is 21.8. The number of carbonyl (C=O) groups excluding carboxylic acids is 2. The fourth-order valence-corrected chi connectivity index (χ4v) is 3.57. The van der Waals surface area contributed by atoms with Crippen molar-refractivity contribution < 1.29 is 18.4 Å². The van der Waals surface area contributed by atoms with E-state index in [4.69, 9.17) is 0 Å². The van der Waals surface area contributed by atoms with Gasteiger partial charge in [0.15, 0.2) is 0 Å². The molecule has 7 heteroatoms. The molecule has 2 aliphatic rings. The zero-order valence-electron chi connectivity index (χ0n) is 13.4. The summed E-state index contributed by atoms with van der Waals surface area (Å²) in [6, 6.07) is 3.16.